The number of hydrogen-bond acceptors (Lipinski definition) is 4. The van der Waals surface area contributed by atoms with Gasteiger partial charge in [-0.2, -0.15) is 0 Å². The van der Waals surface area contributed by atoms with E-state index in [9.17, 15) is 14.7 Å². The van der Waals surface area contributed by atoms with Crippen molar-refractivity contribution < 1.29 is 14.7 Å². The van der Waals surface area contributed by atoms with Crippen LogP contribution in [0, 0.1) is 0 Å². The number of fused-ring (bicyclic) bond motifs is 1. The summed E-state index contributed by atoms with van der Waals surface area (Å²) in [5.74, 6) is -0.537. The minimum absolute atomic E-state index is 0.0879. The van der Waals surface area contributed by atoms with E-state index < -0.39 is 17.3 Å². The highest BCUT2D eigenvalue weighted by atomic mass is 35.5. The average molecular weight is 451 g/mol. The van der Waals surface area contributed by atoms with Gasteiger partial charge in [-0.25, -0.2) is 0 Å². The Kier molecular flexibility index (Phi) is 6.31. The van der Waals surface area contributed by atoms with Crippen LogP contribution in [0.3, 0.4) is 0 Å². The summed E-state index contributed by atoms with van der Waals surface area (Å²) >= 11 is 5.89. The number of ketones is 1. The summed E-state index contributed by atoms with van der Waals surface area (Å²) in [7, 11) is 0. The molecule has 0 aliphatic carbocycles. The van der Waals surface area contributed by atoms with Crippen LogP contribution >= 0.6 is 11.6 Å². The van der Waals surface area contributed by atoms with Gasteiger partial charge in [-0.3, -0.25) is 14.6 Å². The summed E-state index contributed by atoms with van der Waals surface area (Å²) in [4.78, 5) is 31.3. The number of aromatic nitrogens is 1. The van der Waals surface area contributed by atoms with E-state index in [1.807, 2.05) is 30.5 Å². The number of rotatable bonds is 5. The van der Waals surface area contributed by atoms with Crippen LogP contribution in [0.1, 0.15) is 49.3 Å². The predicted molar refractivity (Wildman–Crippen MR) is 126 cm³/mol. The van der Waals surface area contributed by atoms with Crippen molar-refractivity contribution in [3.8, 4) is 0 Å². The quantitative estimate of drug-likeness (QED) is 0.575. The third-order valence-corrected chi connectivity index (χ3v) is 6.47. The second-order valence-electron chi connectivity index (χ2n) is 8.98. The van der Waals surface area contributed by atoms with Crippen molar-refractivity contribution in [3.63, 3.8) is 0 Å². The maximum absolute atomic E-state index is 12.7. The number of Topliss-reactive ketones (excluding diaryl/α,β-unsaturated/α-hetero) is 1. The molecule has 3 aromatic rings. The molecule has 0 spiro atoms. The number of piperidine rings is 1. The highest BCUT2D eigenvalue weighted by molar-refractivity contribution is 6.36. The van der Waals surface area contributed by atoms with Gasteiger partial charge in [-0.1, -0.05) is 29.8 Å². The number of carbonyl (C=O) groups is 2. The third-order valence-electron chi connectivity index (χ3n) is 6.22. The number of nitrogens with zero attached hydrogens (tertiary/aromatic N) is 2. The Morgan fingerprint density at radius 1 is 1.09 bits per heavy atom. The molecule has 1 aromatic heterocycles. The summed E-state index contributed by atoms with van der Waals surface area (Å²) < 4.78 is 0. The van der Waals surface area contributed by atoms with Gasteiger partial charge >= 0.3 is 0 Å². The fraction of sp³-hybridized carbons (Fsp3) is 0.346. The topological polar surface area (TPSA) is 70.5 Å². The molecular weight excluding hydrogens is 424 g/mol. The van der Waals surface area contributed by atoms with E-state index in [0.717, 1.165) is 34.9 Å². The van der Waals surface area contributed by atoms with Crippen LogP contribution in [-0.4, -0.2) is 39.8 Å². The molecule has 0 bridgehead atoms. The van der Waals surface area contributed by atoms with Crippen LogP contribution in [0.2, 0.25) is 5.02 Å². The Hall–Kier alpha value is -2.76. The summed E-state index contributed by atoms with van der Waals surface area (Å²) in [6, 6.07) is 14.9. The molecule has 1 aliphatic heterocycles. The summed E-state index contributed by atoms with van der Waals surface area (Å²) in [6.07, 6.45) is 3.47. The fourth-order valence-corrected chi connectivity index (χ4v) is 4.46. The molecule has 6 heteroatoms. The number of benzene rings is 2. The zero-order valence-corrected chi connectivity index (χ0v) is 19.1. The average Bonchev–Trinajstić information content (AvgIpc) is 2.79. The lowest BCUT2D eigenvalue weighted by Crippen LogP contribution is -2.42. The predicted octanol–water partition coefficient (Wildman–Crippen LogP) is 4.63. The van der Waals surface area contributed by atoms with Crippen molar-refractivity contribution in [2.24, 2.45) is 0 Å². The van der Waals surface area contributed by atoms with Gasteiger partial charge in [-0.15, -0.1) is 0 Å². The van der Waals surface area contributed by atoms with Gasteiger partial charge in [0.05, 0.1) is 11.1 Å². The number of halogens is 1. The molecule has 1 N–H and O–H groups in total. The van der Waals surface area contributed by atoms with Crippen LogP contribution in [0.15, 0.2) is 54.7 Å². The first-order valence-electron chi connectivity index (χ1n) is 10.9. The molecule has 2 heterocycles. The van der Waals surface area contributed by atoms with Crippen molar-refractivity contribution in [3.05, 3.63) is 76.4 Å². The highest BCUT2D eigenvalue weighted by Crippen LogP contribution is 2.34. The van der Waals surface area contributed by atoms with E-state index >= 15 is 0 Å². The molecule has 0 atom stereocenters. The van der Waals surface area contributed by atoms with E-state index in [-0.39, 0.29) is 12.3 Å². The highest BCUT2D eigenvalue weighted by Gasteiger charge is 2.28. The number of pyridine rings is 1. The second kappa shape index (κ2) is 9.00. The monoisotopic (exact) mass is 450 g/mol. The molecule has 166 valence electrons. The molecule has 1 aliphatic rings. The van der Waals surface area contributed by atoms with Crippen molar-refractivity contribution in [1.82, 2.24) is 9.88 Å². The van der Waals surface area contributed by atoms with Gasteiger partial charge < -0.3 is 10.0 Å². The second-order valence-corrected chi connectivity index (χ2v) is 9.42. The SMILES string of the molecule is CC(C)(O)c1ccc2nccc(C3CCN(C(=O)C(=O)Cc4ccc(Cl)cc4)CC3)c2c1. The van der Waals surface area contributed by atoms with Gasteiger partial charge in [0.2, 0.25) is 5.78 Å². The first kappa shape index (κ1) is 22.4. The Labute approximate surface area is 193 Å². The molecule has 5 nitrogen and oxygen atoms in total. The number of carbonyl (C=O) groups excluding carboxylic acids is 2. The van der Waals surface area contributed by atoms with Gasteiger partial charge in [0.1, 0.15) is 0 Å². The minimum atomic E-state index is -0.929. The maximum atomic E-state index is 12.7. The van der Waals surface area contributed by atoms with Crippen LogP contribution < -0.4 is 0 Å². The number of likely N-dealkylation sites (tertiary alicyclic amines) is 1. The molecule has 4 rings (SSSR count). The van der Waals surface area contributed by atoms with E-state index in [1.54, 1.807) is 43.0 Å². The molecular formula is C26H27ClN2O3. The maximum Gasteiger partial charge on any atom is 0.290 e. The molecule has 32 heavy (non-hydrogen) atoms. The van der Waals surface area contributed by atoms with Crippen LogP contribution in [0.4, 0.5) is 0 Å². The standard InChI is InChI=1S/C26H27ClN2O3/c1-26(2,32)19-5-8-23-22(16-19)21(9-12-28-23)18-10-13-29(14-11-18)25(31)24(30)15-17-3-6-20(27)7-4-17/h3-9,12,16,18,32H,10-11,13-15H2,1-2H3. The largest absolute Gasteiger partial charge is 0.386 e. The molecule has 0 saturated carbocycles. The molecule has 0 radical (unpaired) electrons. The number of amides is 1. The van der Waals surface area contributed by atoms with Crippen molar-refractivity contribution in [1.29, 1.82) is 0 Å². The van der Waals surface area contributed by atoms with Crippen molar-refractivity contribution in [2.45, 2.75) is 44.6 Å². The first-order valence-corrected chi connectivity index (χ1v) is 11.3. The van der Waals surface area contributed by atoms with Crippen molar-refractivity contribution in [2.75, 3.05) is 13.1 Å². The summed E-state index contributed by atoms with van der Waals surface area (Å²) in [5.41, 5.74) is 2.78. The molecule has 1 fully saturated rings. The number of aliphatic hydroxyl groups is 1. The molecule has 1 saturated heterocycles. The van der Waals surface area contributed by atoms with Gasteiger partial charge in [0.15, 0.2) is 0 Å². The smallest absolute Gasteiger partial charge is 0.290 e. The van der Waals surface area contributed by atoms with Gasteiger partial charge in [-0.05, 0) is 79.6 Å². The first-order chi connectivity index (χ1) is 15.2. The Balaban J connectivity index is 1.45. The molecule has 0 unspecified atom stereocenters. The third kappa shape index (κ3) is 4.84. The fourth-order valence-electron chi connectivity index (χ4n) is 4.34. The van der Waals surface area contributed by atoms with E-state index in [1.165, 1.54) is 5.56 Å². The van der Waals surface area contributed by atoms with E-state index in [4.69, 9.17) is 11.6 Å². The molecule has 2 aromatic carbocycles. The number of hydrogen-bond donors (Lipinski definition) is 1. The van der Waals surface area contributed by atoms with Crippen LogP contribution in [0.25, 0.3) is 10.9 Å². The normalized spacial score (nSPS) is 15.2. The lowest BCUT2D eigenvalue weighted by atomic mass is 9.86. The molecule has 1 amide bonds. The summed E-state index contributed by atoms with van der Waals surface area (Å²) in [6.45, 7) is 4.64. The van der Waals surface area contributed by atoms with E-state index in [2.05, 4.69) is 4.98 Å². The zero-order chi connectivity index (χ0) is 22.9. The minimum Gasteiger partial charge on any atom is -0.386 e. The lowest BCUT2D eigenvalue weighted by Gasteiger charge is -2.32. The van der Waals surface area contributed by atoms with Crippen molar-refractivity contribution >= 4 is 34.2 Å². The lowest BCUT2D eigenvalue weighted by molar-refractivity contribution is -0.145. The Morgan fingerprint density at radius 2 is 1.78 bits per heavy atom. The van der Waals surface area contributed by atoms with Gasteiger partial charge in [0.25, 0.3) is 5.91 Å². The Bertz CT molecular complexity index is 1140. The van der Waals surface area contributed by atoms with E-state index in [0.29, 0.717) is 18.1 Å². The zero-order valence-electron chi connectivity index (χ0n) is 18.3. The van der Waals surface area contributed by atoms with Crippen LogP contribution in [0.5, 0.6) is 0 Å². The van der Waals surface area contributed by atoms with Gasteiger partial charge in [0, 0.05) is 36.1 Å². The van der Waals surface area contributed by atoms with Crippen LogP contribution in [-0.2, 0) is 21.6 Å². The summed E-state index contributed by atoms with van der Waals surface area (Å²) in [5, 5.41) is 12.1. The Morgan fingerprint density at radius 3 is 2.44 bits per heavy atom.